The summed E-state index contributed by atoms with van der Waals surface area (Å²) in [5.74, 6) is 2.49. The molecule has 0 amide bonds. The van der Waals surface area contributed by atoms with Crippen molar-refractivity contribution in [2.24, 2.45) is 11.3 Å². The third kappa shape index (κ3) is 3.40. The first kappa shape index (κ1) is 16.2. The second-order valence-corrected chi connectivity index (χ2v) is 9.37. The largest absolute Gasteiger partial charge is 0.490 e. The first-order valence-electron chi connectivity index (χ1n) is 8.90. The lowest BCUT2D eigenvalue weighted by Gasteiger charge is -2.26. The summed E-state index contributed by atoms with van der Waals surface area (Å²) in [6.07, 6.45) is 6.51. The first-order valence-corrected chi connectivity index (χ1v) is 10.5. The quantitative estimate of drug-likeness (QED) is 0.886. The van der Waals surface area contributed by atoms with E-state index in [2.05, 4.69) is 4.72 Å². The minimum atomic E-state index is -3.26. The Morgan fingerprint density at radius 3 is 2.58 bits per heavy atom. The Balaban J connectivity index is 1.40. The second kappa shape index (κ2) is 6.23. The van der Waals surface area contributed by atoms with Crippen LogP contribution in [0.3, 0.4) is 0 Å². The Morgan fingerprint density at radius 2 is 1.88 bits per heavy atom. The highest BCUT2D eigenvalue weighted by Gasteiger charge is 2.47. The Kier molecular flexibility index (Phi) is 4.21. The fourth-order valence-corrected chi connectivity index (χ4v) is 6.18. The highest BCUT2D eigenvalue weighted by atomic mass is 32.2. The van der Waals surface area contributed by atoms with Gasteiger partial charge in [0.05, 0.1) is 19.0 Å². The Labute approximate surface area is 143 Å². The van der Waals surface area contributed by atoms with Gasteiger partial charge in [0.1, 0.15) is 0 Å². The highest BCUT2D eigenvalue weighted by Crippen LogP contribution is 2.54. The van der Waals surface area contributed by atoms with E-state index in [1.54, 1.807) is 0 Å². The molecule has 1 aromatic rings. The molecule has 2 bridgehead atoms. The van der Waals surface area contributed by atoms with Crippen LogP contribution in [0.4, 0.5) is 0 Å². The van der Waals surface area contributed by atoms with Gasteiger partial charge < -0.3 is 9.47 Å². The fraction of sp³-hybridized carbons (Fsp3) is 0.667. The van der Waals surface area contributed by atoms with E-state index in [9.17, 15) is 8.42 Å². The topological polar surface area (TPSA) is 64.6 Å². The number of hydrogen-bond donors (Lipinski definition) is 1. The maximum Gasteiger partial charge on any atom is 0.212 e. The third-order valence-electron chi connectivity index (χ3n) is 5.69. The number of benzene rings is 1. The number of fused-ring (bicyclic) bond motifs is 3. The zero-order chi connectivity index (χ0) is 16.6. The lowest BCUT2D eigenvalue weighted by molar-refractivity contribution is 0.297. The van der Waals surface area contributed by atoms with E-state index in [0.29, 0.717) is 25.5 Å². The number of sulfonamides is 1. The summed E-state index contributed by atoms with van der Waals surface area (Å²) >= 11 is 0. The molecule has 0 atom stereocenters. The van der Waals surface area contributed by atoms with Crippen LogP contribution in [0.5, 0.6) is 11.5 Å². The van der Waals surface area contributed by atoms with Gasteiger partial charge in [-0.3, -0.25) is 0 Å². The van der Waals surface area contributed by atoms with Crippen LogP contribution in [0, 0.1) is 11.3 Å². The first-order chi connectivity index (χ1) is 11.5. The van der Waals surface area contributed by atoms with E-state index in [1.165, 1.54) is 12.8 Å². The van der Waals surface area contributed by atoms with Gasteiger partial charge in [0.2, 0.25) is 10.0 Å². The molecule has 4 rings (SSSR count). The summed E-state index contributed by atoms with van der Waals surface area (Å²) in [5.41, 5.74) is 0.942. The molecule has 2 fully saturated rings. The van der Waals surface area contributed by atoms with Crippen LogP contribution >= 0.6 is 0 Å². The standard InChI is InChI=1S/C18H25NO4S/c20-24(21,13-18-6-4-14(11-18)5-7-18)19-12-15-2-3-16-17(10-15)23-9-1-8-22-16/h2-3,10,14,19H,1,4-9,11-13H2. The molecule has 1 N–H and O–H groups in total. The van der Waals surface area contributed by atoms with Gasteiger partial charge in [-0.2, -0.15) is 0 Å². The van der Waals surface area contributed by atoms with Gasteiger partial charge in [-0.15, -0.1) is 0 Å². The lowest BCUT2D eigenvalue weighted by Crippen LogP contribution is -2.34. The lowest BCUT2D eigenvalue weighted by atomic mass is 9.87. The average Bonchev–Trinajstić information content (AvgIpc) is 3.04. The van der Waals surface area contributed by atoms with E-state index in [0.717, 1.165) is 42.9 Å². The zero-order valence-corrected chi connectivity index (χ0v) is 14.7. The summed E-state index contributed by atoms with van der Waals surface area (Å²) in [7, 11) is -3.26. The number of ether oxygens (including phenoxy) is 2. The van der Waals surface area contributed by atoms with Crippen molar-refractivity contribution in [1.29, 1.82) is 0 Å². The van der Waals surface area contributed by atoms with Crippen LogP contribution in [0.1, 0.15) is 44.1 Å². The maximum absolute atomic E-state index is 12.5. The average molecular weight is 351 g/mol. The van der Waals surface area contributed by atoms with Gasteiger partial charge in [0, 0.05) is 13.0 Å². The highest BCUT2D eigenvalue weighted by molar-refractivity contribution is 7.89. The van der Waals surface area contributed by atoms with Gasteiger partial charge in [-0.1, -0.05) is 6.07 Å². The van der Waals surface area contributed by atoms with Crippen LogP contribution in [0.25, 0.3) is 0 Å². The fourth-order valence-electron chi connectivity index (χ4n) is 4.48. The Morgan fingerprint density at radius 1 is 1.12 bits per heavy atom. The summed E-state index contributed by atoms with van der Waals surface area (Å²) in [5, 5.41) is 0. The molecule has 1 aliphatic heterocycles. The van der Waals surface area contributed by atoms with Crippen molar-refractivity contribution in [3.63, 3.8) is 0 Å². The number of rotatable bonds is 5. The molecule has 0 unspecified atom stereocenters. The van der Waals surface area contributed by atoms with Gasteiger partial charge in [-0.05, 0) is 61.1 Å². The monoisotopic (exact) mass is 351 g/mol. The Hall–Kier alpha value is -1.27. The van der Waals surface area contributed by atoms with E-state index in [4.69, 9.17) is 9.47 Å². The molecule has 3 aliphatic rings. The van der Waals surface area contributed by atoms with E-state index in [-0.39, 0.29) is 11.2 Å². The molecule has 5 nitrogen and oxygen atoms in total. The zero-order valence-electron chi connectivity index (χ0n) is 13.9. The molecule has 132 valence electrons. The van der Waals surface area contributed by atoms with Crippen LogP contribution < -0.4 is 14.2 Å². The summed E-state index contributed by atoms with van der Waals surface area (Å²) in [4.78, 5) is 0. The molecule has 6 heteroatoms. The number of hydrogen-bond acceptors (Lipinski definition) is 4. The molecule has 0 aromatic heterocycles. The summed E-state index contributed by atoms with van der Waals surface area (Å²) in [6.45, 7) is 1.59. The minimum absolute atomic E-state index is 0.0429. The predicted octanol–water partition coefficient (Wildman–Crippen LogP) is 2.85. The van der Waals surface area contributed by atoms with Gasteiger partial charge in [0.25, 0.3) is 0 Å². The molecule has 1 heterocycles. The second-order valence-electron chi connectivity index (χ2n) is 7.56. The van der Waals surface area contributed by atoms with Crippen LogP contribution in [0.2, 0.25) is 0 Å². The van der Waals surface area contributed by atoms with Crippen LogP contribution in [-0.4, -0.2) is 27.4 Å². The third-order valence-corrected chi connectivity index (χ3v) is 7.27. The van der Waals surface area contributed by atoms with Crippen LogP contribution in [0.15, 0.2) is 18.2 Å². The van der Waals surface area contributed by atoms with Gasteiger partial charge in [-0.25, -0.2) is 13.1 Å². The molecule has 0 saturated heterocycles. The molecule has 2 aliphatic carbocycles. The van der Waals surface area contributed by atoms with Crippen molar-refractivity contribution in [2.75, 3.05) is 19.0 Å². The normalized spacial score (nSPS) is 28.8. The van der Waals surface area contributed by atoms with Crippen molar-refractivity contribution in [3.05, 3.63) is 23.8 Å². The molecular formula is C18H25NO4S. The summed E-state index contributed by atoms with van der Waals surface area (Å²) in [6, 6.07) is 5.64. The van der Waals surface area contributed by atoms with E-state index < -0.39 is 10.0 Å². The van der Waals surface area contributed by atoms with Gasteiger partial charge >= 0.3 is 0 Å². The maximum atomic E-state index is 12.5. The smallest absolute Gasteiger partial charge is 0.212 e. The molecular weight excluding hydrogens is 326 g/mol. The molecule has 0 radical (unpaired) electrons. The molecule has 0 spiro atoms. The van der Waals surface area contributed by atoms with Gasteiger partial charge in [0.15, 0.2) is 11.5 Å². The SMILES string of the molecule is O=S(=O)(CC12CCC(CC1)C2)NCc1ccc2c(c1)OCCCO2. The number of nitrogens with one attached hydrogen (secondary N) is 1. The Bertz CT molecular complexity index is 708. The molecule has 1 aromatic carbocycles. The molecule has 24 heavy (non-hydrogen) atoms. The molecule has 2 saturated carbocycles. The van der Waals surface area contributed by atoms with Crippen LogP contribution in [-0.2, 0) is 16.6 Å². The van der Waals surface area contributed by atoms with Crippen molar-refractivity contribution >= 4 is 10.0 Å². The van der Waals surface area contributed by atoms with Crippen molar-refractivity contribution in [3.8, 4) is 11.5 Å². The van der Waals surface area contributed by atoms with E-state index in [1.807, 2.05) is 18.2 Å². The minimum Gasteiger partial charge on any atom is -0.490 e. The van der Waals surface area contributed by atoms with E-state index >= 15 is 0 Å². The predicted molar refractivity (Wildman–Crippen MR) is 91.7 cm³/mol. The van der Waals surface area contributed by atoms with Crippen molar-refractivity contribution < 1.29 is 17.9 Å². The van der Waals surface area contributed by atoms with Crippen molar-refractivity contribution in [1.82, 2.24) is 4.72 Å². The summed E-state index contributed by atoms with van der Waals surface area (Å²) < 4.78 is 39.1. The van der Waals surface area contributed by atoms with Crippen molar-refractivity contribution in [2.45, 2.75) is 45.1 Å².